The molecule has 2 rings (SSSR count). The number of aromatic nitrogens is 2. The molecule has 90 valence electrons. The zero-order chi connectivity index (χ0) is 12.3. The zero-order valence-electron chi connectivity index (χ0n) is 9.37. The third-order valence-electron chi connectivity index (χ3n) is 2.27. The van der Waals surface area contributed by atoms with Gasteiger partial charge in [0.2, 0.25) is 10.0 Å². The van der Waals surface area contributed by atoms with Gasteiger partial charge in [0.15, 0.2) is 0 Å². The van der Waals surface area contributed by atoms with E-state index in [1.807, 2.05) is 0 Å². The number of nitrogens with zero attached hydrogens (tertiary/aromatic N) is 2. The van der Waals surface area contributed by atoms with Crippen LogP contribution in [-0.4, -0.2) is 18.2 Å². The monoisotopic (exact) mass is 251 g/mol. The molecule has 6 heteroatoms. The first-order valence-corrected chi connectivity index (χ1v) is 6.59. The van der Waals surface area contributed by atoms with E-state index < -0.39 is 10.0 Å². The normalized spacial score (nSPS) is 11.6. The lowest BCUT2D eigenvalue weighted by Crippen LogP contribution is -2.23. The molecule has 1 N–H and O–H groups in total. The fourth-order valence-electron chi connectivity index (χ4n) is 1.41. The van der Waals surface area contributed by atoms with E-state index in [1.54, 1.807) is 54.3 Å². The Morgan fingerprint density at radius 2 is 1.94 bits per heavy atom. The minimum Gasteiger partial charge on any atom is -0.276 e. The number of benzene rings is 1. The first kappa shape index (κ1) is 11.8. The molecule has 0 bridgehead atoms. The second-order valence-corrected chi connectivity index (χ2v) is 5.39. The van der Waals surface area contributed by atoms with E-state index in [0.717, 1.165) is 0 Å². The fraction of sp³-hybridized carbons (Fsp3) is 0.182. The third-order valence-corrected chi connectivity index (χ3v) is 3.68. The van der Waals surface area contributed by atoms with E-state index in [2.05, 4.69) is 9.82 Å². The van der Waals surface area contributed by atoms with Crippen LogP contribution in [0.3, 0.4) is 0 Å². The molecular weight excluding hydrogens is 238 g/mol. The molecule has 5 nitrogen and oxygen atoms in total. The average molecular weight is 251 g/mol. The molecular formula is C11H13N3O2S. The van der Waals surface area contributed by atoms with Crippen LogP contribution in [0.25, 0.3) is 0 Å². The van der Waals surface area contributed by atoms with E-state index >= 15 is 0 Å². The van der Waals surface area contributed by atoms with E-state index in [0.29, 0.717) is 5.69 Å². The highest BCUT2D eigenvalue weighted by molar-refractivity contribution is 7.89. The third kappa shape index (κ3) is 2.92. The molecule has 0 atom stereocenters. The predicted octanol–water partition coefficient (Wildman–Crippen LogP) is 0.899. The Hall–Kier alpha value is -1.66. The van der Waals surface area contributed by atoms with Gasteiger partial charge in [-0.2, -0.15) is 5.10 Å². The van der Waals surface area contributed by atoms with Gasteiger partial charge in [0, 0.05) is 13.2 Å². The molecule has 1 heterocycles. The molecule has 0 unspecified atom stereocenters. The standard InChI is InChI=1S/C11H13N3O2S/c1-14-8-7-10(13-14)9-12-17(15,16)11-5-3-2-4-6-11/h2-8,12H,9H2,1H3. The number of hydrogen-bond acceptors (Lipinski definition) is 3. The Kier molecular flexibility index (Phi) is 3.26. The van der Waals surface area contributed by atoms with Crippen LogP contribution in [0.2, 0.25) is 0 Å². The van der Waals surface area contributed by atoms with E-state index in [9.17, 15) is 8.42 Å². The first-order chi connectivity index (χ1) is 8.08. The van der Waals surface area contributed by atoms with Gasteiger partial charge < -0.3 is 0 Å². The topological polar surface area (TPSA) is 64.0 Å². The number of rotatable bonds is 4. The van der Waals surface area contributed by atoms with E-state index in [1.165, 1.54) is 0 Å². The highest BCUT2D eigenvalue weighted by atomic mass is 32.2. The second kappa shape index (κ2) is 4.68. The molecule has 0 spiro atoms. The molecule has 0 fully saturated rings. The zero-order valence-corrected chi connectivity index (χ0v) is 10.2. The number of aryl methyl sites for hydroxylation is 1. The van der Waals surface area contributed by atoms with Gasteiger partial charge in [-0.3, -0.25) is 4.68 Å². The van der Waals surface area contributed by atoms with Crippen LogP contribution in [0.1, 0.15) is 5.69 Å². The molecule has 2 aromatic rings. The minimum atomic E-state index is -3.45. The number of hydrogen-bond donors (Lipinski definition) is 1. The van der Waals surface area contributed by atoms with Gasteiger partial charge in [-0.1, -0.05) is 18.2 Å². The molecule has 0 aliphatic rings. The maximum atomic E-state index is 11.9. The van der Waals surface area contributed by atoms with Crippen LogP contribution in [0.15, 0.2) is 47.5 Å². The lowest BCUT2D eigenvalue weighted by atomic mass is 10.4. The Balaban J connectivity index is 2.09. The largest absolute Gasteiger partial charge is 0.276 e. The maximum absolute atomic E-state index is 11.9. The van der Waals surface area contributed by atoms with Crippen LogP contribution < -0.4 is 4.72 Å². The molecule has 1 aromatic heterocycles. The second-order valence-electron chi connectivity index (χ2n) is 3.62. The molecule has 0 saturated heterocycles. The van der Waals surface area contributed by atoms with Crippen LogP contribution in [0, 0.1) is 0 Å². The fourth-order valence-corrected chi connectivity index (χ4v) is 2.43. The highest BCUT2D eigenvalue weighted by Gasteiger charge is 2.13. The van der Waals surface area contributed by atoms with Gasteiger partial charge in [0.05, 0.1) is 17.1 Å². The molecule has 0 radical (unpaired) electrons. The lowest BCUT2D eigenvalue weighted by Gasteiger charge is -2.04. The molecule has 0 aliphatic heterocycles. The summed E-state index contributed by atoms with van der Waals surface area (Å²) in [5.41, 5.74) is 0.687. The summed E-state index contributed by atoms with van der Waals surface area (Å²) in [6.45, 7) is 0.193. The summed E-state index contributed by atoms with van der Waals surface area (Å²) in [7, 11) is -1.66. The van der Waals surface area contributed by atoms with Crippen molar-refractivity contribution in [2.45, 2.75) is 11.4 Å². The van der Waals surface area contributed by atoms with Gasteiger partial charge in [0.1, 0.15) is 0 Å². The number of nitrogens with one attached hydrogen (secondary N) is 1. The summed E-state index contributed by atoms with van der Waals surface area (Å²) >= 11 is 0. The van der Waals surface area contributed by atoms with Crippen molar-refractivity contribution < 1.29 is 8.42 Å². The van der Waals surface area contributed by atoms with E-state index in [-0.39, 0.29) is 11.4 Å². The Bertz CT molecular complexity index is 590. The summed E-state index contributed by atoms with van der Waals surface area (Å²) in [5.74, 6) is 0. The summed E-state index contributed by atoms with van der Waals surface area (Å²) < 4.78 is 27.9. The van der Waals surface area contributed by atoms with Crippen molar-refractivity contribution in [2.75, 3.05) is 0 Å². The van der Waals surface area contributed by atoms with Gasteiger partial charge in [0.25, 0.3) is 0 Å². The summed E-state index contributed by atoms with van der Waals surface area (Å²) in [6.07, 6.45) is 1.77. The van der Waals surface area contributed by atoms with Crippen molar-refractivity contribution in [3.63, 3.8) is 0 Å². The minimum absolute atomic E-state index is 0.193. The SMILES string of the molecule is Cn1ccc(CNS(=O)(=O)c2ccccc2)n1. The quantitative estimate of drug-likeness (QED) is 0.878. The lowest BCUT2D eigenvalue weighted by molar-refractivity contribution is 0.579. The van der Waals surface area contributed by atoms with Crippen molar-refractivity contribution >= 4 is 10.0 Å². The molecule has 0 saturated carbocycles. The summed E-state index contributed by atoms with van der Waals surface area (Å²) in [5, 5.41) is 4.10. The molecule has 1 aromatic carbocycles. The Morgan fingerprint density at radius 3 is 2.53 bits per heavy atom. The van der Waals surface area contributed by atoms with E-state index in [4.69, 9.17) is 0 Å². The molecule has 17 heavy (non-hydrogen) atoms. The van der Waals surface area contributed by atoms with Crippen LogP contribution in [0.5, 0.6) is 0 Å². The Morgan fingerprint density at radius 1 is 1.24 bits per heavy atom. The average Bonchev–Trinajstić information content (AvgIpc) is 2.74. The molecule has 0 amide bonds. The van der Waals surface area contributed by atoms with Crippen LogP contribution >= 0.6 is 0 Å². The van der Waals surface area contributed by atoms with Crippen LogP contribution in [0.4, 0.5) is 0 Å². The smallest absolute Gasteiger partial charge is 0.240 e. The van der Waals surface area contributed by atoms with Crippen molar-refractivity contribution in [3.8, 4) is 0 Å². The van der Waals surface area contributed by atoms with Gasteiger partial charge in [-0.25, -0.2) is 13.1 Å². The maximum Gasteiger partial charge on any atom is 0.240 e. The van der Waals surface area contributed by atoms with Crippen molar-refractivity contribution in [1.29, 1.82) is 0 Å². The van der Waals surface area contributed by atoms with Gasteiger partial charge in [-0.05, 0) is 18.2 Å². The van der Waals surface area contributed by atoms with Crippen molar-refractivity contribution in [2.24, 2.45) is 7.05 Å². The van der Waals surface area contributed by atoms with Crippen molar-refractivity contribution in [1.82, 2.24) is 14.5 Å². The first-order valence-electron chi connectivity index (χ1n) is 5.11. The number of sulfonamides is 1. The Labute approximate surface area is 100 Å². The van der Waals surface area contributed by atoms with Crippen LogP contribution in [-0.2, 0) is 23.6 Å². The highest BCUT2D eigenvalue weighted by Crippen LogP contribution is 2.07. The predicted molar refractivity (Wildman–Crippen MR) is 63.7 cm³/mol. The summed E-state index contributed by atoms with van der Waals surface area (Å²) in [4.78, 5) is 0.260. The van der Waals surface area contributed by atoms with Gasteiger partial charge >= 0.3 is 0 Å². The summed E-state index contributed by atoms with van der Waals surface area (Å²) in [6, 6.07) is 10.0. The molecule has 0 aliphatic carbocycles. The van der Waals surface area contributed by atoms with Gasteiger partial charge in [-0.15, -0.1) is 0 Å². The van der Waals surface area contributed by atoms with Crippen molar-refractivity contribution in [3.05, 3.63) is 48.3 Å².